The highest BCUT2D eigenvalue weighted by atomic mass is 16.5. The van der Waals surface area contributed by atoms with Gasteiger partial charge in [-0.2, -0.15) is 0 Å². The van der Waals surface area contributed by atoms with Crippen molar-refractivity contribution >= 4 is 23.8 Å². The number of hydrogen-bond acceptors (Lipinski definition) is 5. The van der Waals surface area contributed by atoms with Crippen molar-refractivity contribution in [3.05, 3.63) is 30.3 Å². The molecule has 0 radical (unpaired) electrons. The van der Waals surface area contributed by atoms with Gasteiger partial charge < -0.3 is 19.9 Å². The van der Waals surface area contributed by atoms with Crippen LogP contribution in [0.1, 0.15) is 12.8 Å². The molecular formula is C18H22N4O5. The van der Waals surface area contributed by atoms with Crippen molar-refractivity contribution in [3.8, 4) is 5.75 Å². The summed E-state index contributed by atoms with van der Waals surface area (Å²) in [7, 11) is 0. The van der Waals surface area contributed by atoms with E-state index < -0.39 is 18.0 Å². The Morgan fingerprint density at radius 1 is 1.04 bits per heavy atom. The predicted molar refractivity (Wildman–Crippen MR) is 94.8 cm³/mol. The topological polar surface area (TPSA) is 108 Å². The molecule has 27 heavy (non-hydrogen) atoms. The maximum Gasteiger partial charge on any atom is 0.322 e. The Labute approximate surface area is 156 Å². The van der Waals surface area contributed by atoms with Crippen molar-refractivity contribution in [2.75, 3.05) is 32.8 Å². The molecule has 2 saturated heterocycles. The van der Waals surface area contributed by atoms with Crippen LogP contribution in [0.3, 0.4) is 0 Å². The van der Waals surface area contributed by atoms with E-state index in [0.717, 1.165) is 0 Å². The zero-order valence-electron chi connectivity index (χ0n) is 14.8. The lowest BCUT2D eigenvalue weighted by Gasteiger charge is -2.36. The van der Waals surface area contributed by atoms with Crippen LogP contribution in [0.5, 0.6) is 5.75 Å². The number of carbonyl (C=O) groups excluding carboxylic acids is 4. The van der Waals surface area contributed by atoms with Gasteiger partial charge in [-0.05, 0) is 18.6 Å². The maximum atomic E-state index is 12.6. The molecule has 2 aliphatic heterocycles. The minimum atomic E-state index is -0.722. The molecule has 1 unspecified atom stereocenters. The Morgan fingerprint density at radius 3 is 2.41 bits per heavy atom. The van der Waals surface area contributed by atoms with Gasteiger partial charge in [0, 0.05) is 32.6 Å². The monoisotopic (exact) mass is 374 g/mol. The molecule has 2 N–H and O–H groups in total. The van der Waals surface area contributed by atoms with Gasteiger partial charge in [0.2, 0.25) is 11.8 Å². The number of piperazine rings is 1. The predicted octanol–water partition coefficient (Wildman–Crippen LogP) is -0.276. The number of amides is 5. The van der Waals surface area contributed by atoms with E-state index >= 15 is 0 Å². The second kappa shape index (κ2) is 8.52. The number of urea groups is 1. The van der Waals surface area contributed by atoms with E-state index in [1.807, 2.05) is 18.2 Å². The third-order valence-electron chi connectivity index (χ3n) is 4.57. The Balaban J connectivity index is 1.46. The van der Waals surface area contributed by atoms with Gasteiger partial charge in [0.25, 0.3) is 5.91 Å². The zero-order valence-corrected chi connectivity index (χ0v) is 14.8. The molecule has 0 aromatic heterocycles. The quantitative estimate of drug-likeness (QED) is 0.754. The summed E-state index contributed by atoms with van der Waals surface area (Å²) in [4.78, 5) is 51.0. The molecule has 2 heterocycles. The van der Waals surface area contributed by atoms with Crippen molar-refractivity contribution in [2.45, 2.75) is 18.9 Å². The summed E-state index contributed by atoms with van der Waals surface area (Å²) in [5.41, 5.74) is 0. The lowest BCUT2D eigenvalue weighted by molar-refractivity contribution is -0.141. The van der Waals surface area contributed by atoms with Crippen LogP contribution in [-0.4, -0.2) is 72.4 Å². The van der Waals surface area contributed by atoms with Gasteiger partial charge in [-0.25, -0.2) is 4.79 Å². The normalized spacial score (nSPS) is 20.4. The second-order valence-corrected chi connectivity index (χ2v) is 6.42. The first kappa shape index (κ1) is 18.7. The fraction of sp³-hybridized carbons (Fsp3) is 0.444. The highest BCUT2D eigenvalue weighted by molar-refractivity contribution is 5.98. The summed E-state index contributed by atoms with van der Waals surface area (Å²) < 4.78 is 5.47. The van der Waals surface area contributed by atoms with Crippen LogP contribution in [0.4, 0.5) is 4.79 Å². The third kappa shape index (κ3) is 4.96. The van der Waals surface area contributed by atoms with Gasteiger partial charge in [-0.3, -0.25) is 19.7 Å². The first-order valence-corrected chi connectivity index (χ1v) is 8.87. The molecule has 3 rings (SSSR count). The number of nitrogens with zero attached hydrogens (tertiary/aromatic N) is 2. The van der Waals surface area contributed by atoms with Crippen molar-refractivity contribution < 1.29 is 23.9 Å². The lowest BCUT2D eigenvalue weighted by Crippen LogP contribution is -2.56. The summed E-state index contributed by atoms with van der Waals surface area (Å²) in [5.74, 6) is -0.125. The minimum absolute atomic E-state index is 0.0512. The highest BCUT2D eigenvalue weighted by Gasteiger charge is 2.32. The summed E-state index contributed by atoms with van der Waals surface area (Å²) in [6.07, 6.45) is 0.380. The van der Waals surface area contributed by atoms with Gasteiger partial charge in [-0.15, -0.1) is 0 Å². The molecule has 1 aromatic rings. The molecule has 5 amide bonds. The standard InChI is InChI=1S/C18H22N4O5/c23-15-7-6-14(19-18(26)20-15)17(25)22-10-8-21(9-11-22)16(24)12-27-13-4-2-1-3-5-13/h1-5,14H,6-12H2,(H2,19,20,23,26). The van der Waals surface area contributed by atoms with Crippen LogP contribution in [0.2, 0.25) is 0 Å². The molecule has 0 bridgehead atoms. The second-order valence-electron chi connectivity index (χ2n) is 6.42. The van der Waals surface area contributed by atoms with Gasteiger partial charge in [-0.1, -0.05) is 18.2 Å². The average molecular weight is 374 g/mol. The SMILES string of the molecule is O=C1CCC(C(=O)N2CCN(C(=O)COc3ccccc3)CC2)NC(=O)N1. The minimum Gasteiger partial charge on any atom is -0.484 e. The molecule has 0 spiro atoms. The van der Waals surface area contributed by atoms with E-state index in [9.17, 15) is 19.2 Å². The summed E-state index contributed by atoms with van der Waals surface area (Å²) in [6.45, 7) is 1.51. The Hall–Kier alpha value is -3.10. The van der Waals surface area contributed by atoms with Crippen molar-refractivity contribution in [1.29, 1.82) is 0 Å². The van der Waals surface area contributed by atoms with Crippen LogP contribution in [0.25, 0.3) is 0 Å². The number of hydrogen-bond donors (Lipinski definition) is 2. The van der Waals surface area contributed by atoms with E-state index in [2.05, 4.69) is 10.6 Å². The van der Waals surface area contributed by atoms with E-state index in [0.29, 0.717) is 31.9 Å². The Kier molecular flexibility index (Phi) is 5.90. The van der Waals surface area contributed by atoms with Gasteiger partial charge in [0.1, 0.15) is 11.8 Å². The molecule has 144 valence electrons. The molecule has 9 heteroatoms. The third-order valence-corrected chi connectivity index (χ3v) is 4.57. The number of nitrogens with one attached hydrogen (secondary N) is 2. The Bertz CT molecular complexity index is 716. The Morgan fingerprint density at radius 2 is 1.70 bits per heavy atom. The van der Waals surface area contributed by atoms with Crippen LogP contribution in [-0.2, 0) is 14.4 Å². The lowest BCUT2D eigenvalue weighted by atomic mass is 10.1. The van der Waals surface area contributed by atoms with Crippen LogP contribution in [0.15, 0.2) is 30.3 Å². The van der Waals surface area contributed by atoms with E-state index in [1.165, 1.54) is 0 Å². The number of ether oxygens (including phenoxy) is 1. The molecular weight excluding hydrogens is 352 g/mol. The highest BCUT2D eigenvalue weighted by Crippen LogP contribution is 2.11. The largest absolute Gasteiger partial charge is 0.484 e. The van der Waals surface area contributed by atoms with Crippen molar-refractivity contribution in [2.24, 2.45) is 0 Å². The molecule has 1 aromatic carbocycles. The maximum absolute atomic E-state index is 12.6. The molecule has 0 aliphatic carbocycles. The van der Waals surface area contributed by atoms with E-state index in [4.69, 9.17) is 4.74 Å². The van der Waals surface area contributed by atoms with E-state index in [-0.39, 0.29) is 31.3 Å². The van der Waals surface area contributed by atoms with Gasteiger partial charge in [0.05, 0.1) is 0 Å². The van der Waals surface area contributed by atoms with Crippen LogP contribution in [0, 0.1) is 0 Å². The van der Waals surface area contributed by atoms with Crippen LogP contribution < -0.4 is 15.4 Å². The number of para-hydroxylation sites is 1. The molecule has 2 aliphatic rings. The zero-order chi connectivity index (χ0) is 19.2. The van der Waals surface area contributed by atoms with Crippen molar-refractivity contribution in [3.63, 3.8) is 0 Å². The summed E-state index contributed by atoms with van der Waals surface area (Å²) in [6, 6.07) is 7.73. The fourth-order valence-corrected chi connectivity index (χ4v) is 3.07. The number of benzene rings is 1. The molecule has 2 fully saturated rings. The molecule has 0 saturated carbocycles. The van der Waals surface area contributed by atoms with Crippen LogP contribution >= 0.6 is 0 Å². The summed E-state index contributed by atoms with van der Waals surface area (Å²) >= 11 is 0. The molecule has 1 atom stereocenters. The first-order chi connectivity index (χ1) is 13.0. The van der Waals surface area contributed by atoms with Gasteiger partial charge in [0.15, 0.2) is 6.61 Å². The summed E-state index contributed by atoms with van der Waals surface area (Å²) in [5, 5.41) is 4.67. The van der Waals surface area contributed by atoms with Crippen molar-refractivity contribution in [1.82, 2.24) is 20.4 Å². The van der Waals surface area contributed by atoms with E-state index in [1.54, 1.807) is 21.9 Å². The smallest absolute Gasteiger partial charge is 0.322 e. The average Bonchev–Trinajstić information content (AvgIpc) is 2.86. The molecule has 9 nitrogen and oxygen atoms in total. The first-order valence-electron chi connectivity index (χ1n) is 8.87. The number of rotatable bonds is 4. The number of carbonyl (C=O) groups is 4. The number of imide groups is 1. The fourth-order valence-electron chi connectivity index (χ4n) is 3.07. The van der Waals surface area contributed by atoms with Gasteiger partial charge >= 0.3 is 6.03 Å².